The maximum atomic E-state index is 5.79. The van der Waals surface area contributed by atoms with Crippen LogP contribution in [-0.4, -0.2) is 4.99 Å². The molecule has 0 amide bonds. The van der Waals surface area contributed by atoms with Gasteiger partial charge in [0.15, 0.2) is 0 Å². The average molecular weight is 387 g/mol. The predicted molar refractivity (Wildman–Crippen MR) is 84.2 cm³/mol. The molecule has 0 aliphatic heterocycles. The van der Waals surface area contributed by atoms with Gasteiger partial charge in [-0.05, 0) is 36.4 Å². The van der Waals surface area contributed by atoms with E-state index in [0.29, 0.717) is 16.3 Å². The molecule has 5 heteroatoms. The van der Waals surface area contributed by atoms with Crippen molar-refractivity contribution in [2.24, 2.45) is 5.73 Å². The third-order valence-corrected chi connectivity index (χ3v) is 3.44. The van der Waals surface area contributed by atoms with E-state index < -0.39 is 0 Å². The van der Waals surface area contributed by atoms with Crippen molar-refractivity contribution in [2.45, 2.75) is 0 Å². The second kappa shape index (κ2) is 5.82. The number of benzene rings is 2. The van der Waals surface area contributed by atoms with Gasteiger partial charge in [-0.3, -0.25) is 0 Å². The molecule has 0 radical (unpaired) electrons. The second-order valence-electron chi connectivity index (χ2n) is 3.56. The number of hydrogen-bond acceptors (Lipinski definition) is 2. The van der Waals surface area contributed by atoms with Crippen molar-refractivity contribution in [2.75, 3.05) is 0 Å². The first-order valence-electron chi connectivity index (χ1n) is 5.09. The van der Waals surface area contributed by atoms with E-state index in [1.54, 1.807) is 0 Å². The van der Waals surface area contributed by atoms with Crippen molar-refractivity contribution in [1.82, 2.24) is 0 Å². The third kappa shape index (κ3) is 3.31. The summed E-state index contributed by atoms with van der Waals surface area (Å²) in [6.45, 7) is 0. The quantitative estimate of drug-likeness (QED) is 0.780. The van der Waals surface area contributed by atoms with Crippen LogP contribution in [0.15, 0.2) is 51.4 Å². The summed E-state index contributed by atoms with van der Waals surface area (Å²) in [5.74, 6) is 1.37. The highest BCUT2D eigenvalue weighted by Gasteiger charge is 2.08. The van der Waals surface area contributed by atoms with Gasteiger partial charge in [0.05, 0.1) is 5.56 Å². The minimum Gasteiger partial charge on any atom is -0.457 e. The zero-order valence-electron chi connectivity index (χ0n) is 9.19. The summed E-state index contributed by atoms with van der Waals surface area (Å²) in [5, 5.41) is 0. The summed E-state index contributed by atoms with van der Waals surface area (Å²) in [6.07, 6.45) is 0. The molecular formula is C13H9Br2NOS. The topological polar surface area (TPSA) is 35.2 Å². The summed E-state index contributed by atoms with van der Waals surface area (Å²) in [6, 6.07) is 13.1. The SMILES string of the molecule is NC(=S)c1cc(Br)ccc1Oc1cccc(Br)c1. The number of hydrogen-bond donors (Lipinski definition) is 1. The lowest BCUT2D eigenvalue weighted by atomic mass is 10.2. The molecule has 2 aromatic carbocycles. The molecule has 0 fully saturated rings. The molecule has 92 valence electrons. The van der Waals surface area contributed by atoms with Crippen LogP contribution in [0.1, 0.15) is 5.56 Å². The number of thiocarbonyl (C=S) groups is 1. The molecule has 2 aromatic rings. The molecule has 0 unspecified atom stereocenters. The lowest BCUT2D eigenvalue weighted by molar-refractivity contribution is 0.481. The Balaban J connectivity index is 2.37. The number of halogens is 2. The monoisotopic (exact) mass is 385 g/mol. The maximum Gasteiger partial charge on any atom is 0.137 e. The van der Waals surface area contributed by atoms with E-state index in [-0.39, 0.29) is 0 Å². The van der Waals surface area contributed by atoms with Gasteiger partial charge in [0.25, 0.3) is 0 Å². The van der Waals surface area contributed by atoms with Crippen LogP contribution >= 0.6 is 44.1 Å². The van der Waals surface area contributed by atoms with Gasteiger partial charge >= 0.3 is 0 Å². The van der Waals surface area contributed by atoms with E-state index in [9.17, 15) is 0 Å². The van der Waals surface area contributed by atoms with Gasteiger partial charge in [0.1, 0.15) is 16.5 Å². The van der Waals surface area contributed by atoms with Crippen molar-refractivity contribution in [3.63, 3.8) is 0 Å². The Kier molecular flexibility index (Phi) is 4.37. The molecular weight excluding hydrogens is 378 g/mol. The van der Waals surface area contributed by atoms with E-state index in [1.165, 1.54) is 0 Å². The van der Waals surface area contributed by atoms with Crippen LogP contribution in [-0.2, 0) is 0 Å². The minimum atomic E-state index is 0.307. The Morgan fingerprint density at radius 3 is 2.44 bits per heavy atom. The lowest BCUT2D eigenvalue weighted by Gasteiger charge is -2.11. The highest BCUT2D eigenvalue weighted by molar-refractivity contribution is 9.10. The van der Waals surface area contributed by atoms with Crippen LogP contribution in [0, 0.1) is 0 Å². The Morgan fingerprint density at radius 2 is 1.78 bits per heavy atom. The first-order chi connectivity index (χ1) is 8.56. The second-order valence-corrected chi connectivity index (χ2v) is 5.84. The first-order valence-corrected chi connectivity index (χ1v) is 7.08. The first kappa shape index (κ1) is 13.5. The normalized spacial score (nSPS) is 10.1. The Labute approximate surface area is 127 Å². The number of nitrogens with two attached hydrogens (primary N) is 1. The van der Waals surface area contributed by atoms with Gasteiger partial charge in [-0.25, -0.2) is 0 Å². The fraction of sp³-hybridized carbons (Fsp3) is 0. The summed E-state index contributed by atoms with van der Waals surface area (Å²) < 4.78 is 7.65. The Morgan fingerprint density at radius 1 is 1.06 bits per heavy atom. The van der Waals surface area contributed by atoms with Gasteiger partial charge in [-0.15, -0.1) is 0 Å². The summed E-state index contributed by atoms with van der Waals surface area (Å²) >= 11 is 11.8. The molecule has 0 spiro atoms. The van der Waals surface area contributed by atoms with Crippen molar-refractivity contribution < 1.29 is 4.74 Å². The largest absolute Gasteiger partial charge is 0.457 e. The van der Waals surface area contributed by atoms with Crippen molar-refractivity contribution in [1.29, 1.82) is 0 Å². The van der Waals surface area contributed by atoms with Gasteiger partial charge in [0.2, 0.25) is 0 Å². The zero-order valence-corrected chi connectivity index (χ0v) is 13.2. The molecule has 0 saturated heterocycles. The van der Waals surface area contributed by atoms with Gasteiger partial charge in [-0.2, -0.15) is 0 Å². The smallest absolute Gasteiger partial charge is 0.137 e. The maximum absolute atomic E-state index is 5.79. The molecule has 2 nitrogen and oxygen atoms in total. The molecule has 0 heterocycles. The Hall–Kier alpha value is -0.910. The summed E-state index contributed by atoms with van der Waals surface area (Å²) in [4.78, 5) is 0.307. The van der Waals surface area contributed by atoms with E-state index >= 15 is 0 Å². The van der Waals surface area contributed by atoms with Crippen LogP contribution in [0.2, 0.25) is 0 Å². The van der Waals surface area contributed by atoms with Crippen LogP contribution in [0.4, 0.5) is 0 Å². The minimum absolute atomic E-state index is 0.307. The molecule has 18 heavy (non-hydrogen) atoms. The zero-order chi connectivity index (χ0) is 13.1. The van der Waals surface area contributed by atoms with Crippen LogP contribution in [0.5, 0.6) is 11.5 Å². The van der Waals surface area contributed by atoms with Crippen molar-refractivity contribution in [3.8, 4) is 11.5 Å². The molecule has 2 N–H and O–H groups in total. The summed E-state index contributed by atoms with van der Waals surface area (Å²) in [7, 11) is 0. The molecule has 0 bridgehead atoms. The fourth-order valence-corrected chi connectivity index (χ4v) is 2.34. The van der Waals surface area contributed by atoms with Crippen LogP contribution < -0.4 is 10.5 Å². The van der Waals surface area contributed by atoms with Crippen molar-refractivity contribution in [3.05, 3.63) is 57.0 Å². The standard InChI is InChI=1S/C13H9Br2NOS/c14-8-2-1-3-10(6-8)17-12-5-4-9(15)7-11(12)13(16)18/h1-7H,(H2,16,18). The Bertz CT molecular complexity index is 601. The molecule has 0 aliphatic carbocycles. The highest BCUT2D eigenvalue weighted by atomic mass is 79.9. The van der Waals surface area contributed by atoms with Gasteiger partial charge in [-0.1, -0.05) is 50.1 Å². The average Bonchev–Trinajstić information content (AvgIpc) is 2.31. The van der Waals surface area contributed by atoms with Crippen molar-refractivity contribution >= 4 is 49.1 Å². The fourth-order valence-electron chi connectivity index (χ4n) is 1.44. The number of ether oxygens (including phenoxy) is 1. The highest BCUT2D eigenvalue weighted by Crippen LogP contribution is 2.29. The molecule has 2 rings (SSSR count). The third-order valence-electron chi connectivity index (χ3n) is 2.23. The number of rotatable bonds is 3. The predicted octanol–water partition coefficient (Wildman–Crippen LogP) is 4.64. The molecule has 0 atom stereocenters. The van der Waals surface area contributed by atoms with E-state index in [1.807, 2.05) is 42.5 Å². The van der Waals surface area contributed by atoms with Crippen LogP contribution in [0.25, 0.3) is 0 Å². The van der Waals surface area contributed by atoms with Crippen LogP contribution in [0.3, 0.4) is 0 Å². The summed E-state index contributed by atoms with van der Waals surface area (Å²) in [5.41, 5.74) is 6.40. The lowest BCUT2D eigenvalue weighted by Crippen LogP contribution is -2.10. The molecule has 0 saturated carbocycles. The van der Waals surface area contributed by atoms with E-state index in [0.717, 1.165) is 14.7 Å². The van der Waals surface area contributed by atoms with E-state index in [2.05, 4.69) is 31.9 Å². The van der Waals surface area contributed by atoms with Gasteiger partial charge in [0, 0.05) is 8.95 Å². The molecule has 0 aromatic heterocycles. The van der Waals surface area contributed by atoms with Gasteiger partial charge < -0.3 is 10.5 Å². The molecule has 0 aliphatic rings. The van der Waals surface area contributed by atoms with E-state index in [4.69, 9.17) is 22.7 Å².